The zero-order chi connectivity index (χ0) is 21.8. The number of fused-ring (bicyclic) bond motifs is 1. The van der Waals surface area contributed by atoms with Crippen LogP contribution in [0.3, 0.4) is 0 Å². The molecular weight excluding hydrogens is 404 g/mol. The van der Waals surface area contributed by atoms with Gasteiger partial charge in [-0.05, 0) is 49.6 Å². The number of carbonyl (C=O) groups excluding carboxylic acids is 1. The third-order valence-corrected chi connectivity index (χ3v) is 6.35. The van der Waals surface area contributed by atoms with Crippen molar-refractivity contribution in [3.63, 3.8) is 0 Å². The van der Waals surface area contributed by atoms with Gasteiger partial charge in [-0.25, -0.2) is 4.98 Å². The minimum atomic E-state index is 0.210. The molecule has 1 saturated heterocycles. The van der Waals surface area contributed by atoms with Crippen LogP contribution in [0.1, 0.15) is 25.7 Å². The summed E-state index contributed by atoms with van der Waals surface area (Å²) in [5, 5.41) is 7.39. The Morgan fingerprint density at radius 1 is 1.12 bits per heavy atom. The molecular formula is C24H30N6O2. The molecule has 1 saturated carbocycles. The highest BCUT2D eigenvalue weighted by Gasteiger charge is 2.24. The van der Waals surface area contributed by atoms with E-state index in [0.717, 1.165) is 68.8 Å². The Hall–Kier alpha value is -3.13. The molecule has 2 fully saturated rings. The van der Waals surface area contributed by atoms with E-state index in [1.165, 1.54) is 12.1 Å². The topological polar surface area (TPSA) is 84.3 Å². The lowest BCUT2D eigenvalue weighted by Crippen LogP contribution is -2.36. The summed E-state index contributed by atoms with van der Waals surface area (Å²) in [5.41, 5.74) is 3.06. The molecule has 3 aromatic rings. The number of anilines is 3. The molecule has 1 aliphatic heterocycles. The molecule has 168 valence electrons. The third kappa shape index (κ3) is 4.70. The van der Waals surface area contributed by atoms with Crippen molar-refractivity contribution in [1.29, 1.82) is 0 Å². The molecule has 2 N–H and O–H groups in total. The number of benzene rings is 1. The van der Waals surface area contributed by atoms with Gasteiger partial charge in [-0.15, -0.1) is 0 Å². The van der Waals surface area contributed by atoms with Crippen molar-refractivity contribution >= 4 is 34.3 Å². The Morgan fingerprint density at radius 3 is 2.69 bits per heavy atom. The van der Waals surface area contributed by atoms with Crippen molar-refractivity contribution in [3.8, 4) is 0 Å². The van der Waals surface area contributed by atoms with Crippen LogP contribution in [0.15, 0.2) is 42.7 Å². The van der Waals surface area contributed by atoms with Crippen LogP contribution in [0.25, 0.3) is 11.0 Å². The fourth-order valence-electron chi connectivity index (χ4n) is 4.19. The van der Waals surface area contributed by atoms with Gasteiger partial charge >= 0.3 is 0 Å². The number of ether oxygens (including phenoxy) is 1. The minimum absolute atomic E-state index is 0.210. The van der Waals surface area contributed by atoms with Crippen LogP contribution >= 0.6 is 0 Å². The van der Waals surface area contributed by atoms with E-state index < -0.39 is 0 Å². The summed E-state index contributed by atoms with van der Waals surface area (Å²) in [7, 11) is 0. The monoisotopic (exact) mass is 434 g/mol. The second-order valence-corrected chi connectivity index (χ2v) is 8.53. The zero-order valence-electron chi connectivity index (χ0n) is 18.3. The minimum Gasteiger partial charge on any atom is -0.378 e. The van der Waals surface area contributed by atoms with Crippen LogP contribution in [0.2, 0.25) is 0 Å². The van der Waals surface area contributed by atoms with Crippen molar-refractivity contribution < 1.29 is 9.53 Å². The number of nitrogens with one attached hydrogen (secondary N) is 2. The quantitative estimate of drug-likeness (QED) is 0.529. The third-order valence-electron chi connectivity index (χ3n) is 6.35. The van der Waals surface area contributed by atoms with Crippen molar-refractivity contribution in [2.45, 2.75) is 32.2 Å². The molecule has 0 unspecified atom stereocenters. The van der Waals surface area contributed by atoms with Gasteiger partial charge in [-0.2, -0.15) is 4.98 Å². The predicted octanol–water partition coefficient (Wildman–Crippen LogP) is 3.32. The number of morpholine rings is 1. The molecule has 0 spiro atoms. The summed E-state index contributed by atoms with van der Waals surface area (Å²) in [6.07, 6.45) is 8.02. The summed E-state index contributed by atoms with van der Waals surface area (Å²) >= 11 is 0. The van der Waals surface area contributed by atoms with E-state index in [0.29, 0.717) is 12.5 Å². The largest absolute Gasteiger partial charge is 0.378 e. The highest BCUT2D eigenvalue weighted by atomic mass is 16.5. The SMILES string of the molecule is O=C(NCCCn1ccc2cnc(Nc3ccc(N4CCOCC4)cc3)nc21)C1CCC1. The van der Waals surface area contributed by atoms with Gasteiger partial charge < -0.3 is 24.8 Å². The molecule has 2 aliphatic rings. The molecule has 8 nitrogen and oxygen atoms in total. The summed E-state index contributed by atoms with van der Waals surface area (Å²) in [5.74, 6) is 1.03. The lowest BCUT2D eigenvalue weighted by molar-refractivity contribution is -0.127. The predicted molar refractivity (Wildman–Crippen MR) is 125 cm³/mol. The molecule has 8 heteroatoms. The molecule has 0 radical (unpaired) electrons. The number of hydrogen-bond donors (Lipinski definition) is 2. The number of amides is 1. The lowest BCUT2D eigenvalue weighted by Gasteiger charge is -2.28. The van der Waals surface area contributed by atoms with Crippen LogP contribution < -0.4 is 15.5 Å². The second kappa shape index (κ2) is 9.56. The summed E-state index contributed by atoms with van der Waals surface area (Å²) in [6.45, 7) is 4.90. The Balaban J connectivity index is 1.19. The summed E-state index contributed by atoms with van der Waals surface area (Å²) < 4.78 is 7.55. The number of aryl methyl sites for hydroxylation is 1. The highest BCUT2D eigenvalue weighted by Crippen LogP contribution is 2.26. The molecule has 32 heavy (non-hydrogen) atoms. The van der Waals surface area contributed by atoms with Gasteiger partial charge in [-0.3, -0.25) is 4.79 Å². The first kappa shape index (κ1) is 20.8. The average molecular weight is 435 g/mol. The normalized spacial score (nSPS) is 16.7. The first-order chi connectivity index (χ1) is 15.8. The highest BCUT2D eigenvalue weighted by molar-refractivity contribution is 5.79. The van der Waals surface area contributed by atoms with E-state index in [1.807, 2.05) is 18.5 Å². The smallest absolute Gasteiger partial charge is 0.229 e. The summed E-state index contributed by atoms with van der Waals surface area (Å²) in [4.78, 5) is 23.5. The number of hydrogen-bond acceptors (Lipinski definition) is 6. The lowest BCUT2D eigenvalue weighted by atomic mass is 9.85. The van der Waals surface area contributed by atoms with E-state index in [4.69, 9.17) is 9.72 Å². The second-order valence-electron chi connectivity index (χ2n) is 8.53. The maximum absolute atomic E-state index is 12.0. The zero-order valence-corrected chi connectivity index (χ0v) is 18.3. The Kier molecular flexibility index (Phi) is 6.20. The molecule has 5 rings (SSSR count). The van der Waals surface area contributed by atoms with Crippen molar-refractivity contribution in [1.82, 2.24) is 19.9 Å². The van der Waals surface area contributed by atoms with Crippen LogP contribution in [0.4, 0.5) is 17.3 Å². The first-order valence-electron chi connectivity index (χ1n) is 11.6. The Labute approximate surface area is 188 Å². The number of nitrogens with zero attached hydrogens (tertiary/aromatic N) is 4. The first-order valence-corrected chi connectivity index (χ1v) is 11.6. The molecule has 2 aromatic heterocycles. The Morgan fingerprint density at radius 2 is 1.94 bits per heavy atom. The number of rotatable bonds is 8. The van der Waals surface area contributed by atoms with Crippen LogP contribution in [-0.4, -0.2) is 53.3 Å². The maximum Gasteiger partial charge on any atom is 0.229 e. The fraction of sp³-hybridized carbons (Fsp3) is 0.458. The van der Waals surface area contributed by atoms with Gasteiger partial charge in [-0.1, -0.05) is 6.42 Å². The number of carbonyl (C=O) groups is 1. The Bertz CT molecular complexity index is 1050. The van der Waals surface area contributed by atoms with Gasteiger partial charge in [0, 0.05) is 61.3 Å². The van der Waals surface area contributed by atoms with Gasteiger partial charge in [0.15, 0.2) is 0 Å². The molecule has 0 bridgehead atoms. The van der Waals surface area contributed by atoms with E-state index >= 15 is 0 Å². The van der Waals surface area contributed by atoms with Crippen LogP contribution in [0.5, 0.6) is 0 Å². The molecule has 1 aromatic carbocycles. The van der Waals surface area contributed by atoms with Gasteiger partial charge in [0.05, 0.1) is 13.2 Å². The van der Waals surface area contributed by atoms with E-state index in [2.05, 4.69) is 49.4 Å². The maximum atomic E-state index is 12.0. The van der Waals surface area contributed by atoms with Crippen molar-refractivity contribution in [3.05, 3.63) is 42.7 Å². The van der Waals surface area contributed by atoms with Gasteiger partial charge in [0.25, 0.3) is 0 Å². The van der Waals surface area contributed by atoms with E-state index in [-0.39, 0.29) is 11.8 Å². The number of aromatic nitrogens is 3. The van der Waals surface area contributed by atoms with Crippen molar-refractivity contribution in [2.75, 3.05) is 43.1 Å². The molecule has 3 heterocycles. The van der Waals surface area contributed by atoms with Gasteiger partial charge in [0.2, 0.25) is 11.9 Å². The van der Waals surface area contributed by atoms with E-state index in [9.17, 15) is 4.79 Å². The van der Waals surface area contributed by atoms with E-state index in [1.54, 1.807) is 0 Å². The molecule has 1 aliphatic carbocycles. The van der Waals surface area contributed by atoms with Gasteiger partial charge in [0.1, 0.15) is 5.65 Å². The van der Waals surface area contributed by atoms with Crippen LogP contribution in [-0.2, 0) is 16.1 Å². The fourth-order valence-corrected chi connectivity index (χ4v) is 4.19. The standard InChI is InChI=1S/C24H30N6O2/c31-23(18-3-1-4-18)25-10-2-11-30-12-9-19-17-26-24(28-22(19)30)27-20-5-7-21(8-6-20)29-13-15-32-16-14-29/h5-9,12,17-18H,1-4,10-11,13-16H2,(H,25,31)(H,26,27,28). The summed E-state index contributed by atoms with van der Waals surface area (Å²) in [6, 6.07) is 10.4. The molecule has 1 amide bonds. The van der Waals surface area contributed by atoms with Crippen LogP contribution in [0, 0.1) is 5.92 Å². The van der Waals surface area contributed by atoms with Crippen molar-refractivity contribution in [2.24, 2.45) is 5.92 Å². The average Bonchev–Trinajstić information content (AvgIpc) is 3.19. The molecule has 0 atom stereocenters.